The quantitative estimate of drug-likeness (QED) is 0.415. The average Bonchev–Trinajstić information content (AvgIpc) is 3.21. The lowest BCUT2D eigenvalue weighted by Gasteiger charge is -2.14. The topological polar surface area (TPSA) is 89.5 Å². The molecule has 32 heavy (non-hydrogen) atoms. The van der Waals surface area contributed by atoms with E-state index in [1.807, 2.05) is 43.5 Å². The number of benzene rings is 2. The number of ether oxygens (including phenoxy) is 2. The van der Waals surface area contributed by atoms with Gasteiger partial charge in [0.05, 0.1) is 25.2 Å². The maximum atomic E-state index is 12.7. The highest BCUT2D eigenvalue weighted by atomic mass is 32.2. The van der Waals surface area contributed by atoms with Crippen LogP contribution in [0.5, 0.6) is 11.5 Å². The number of thiazole rings is 1. The Balaban J connectivity index is 1.67. The van der Waals surface area contributed by atoms with Gasteiger partial charge in [-0.25, -0.2) is 4.98 Å². The van der Waals surface area contributed by atoms with Crippen molar-refractivity contribution in [3.05, 3.63) is 59.1 Å². The summed E-state index contributed by atoms with van der Waals surface area (Å²) in [7, 11) is 3.07. The first-order valence-electron chi connectivity index (χ1n) is 9.96. The van der Waals surface area contributed by atoms with Gasteiger partial charge in [-0.15, -0.1) is 23.1 Å². The molecule has 0 aliphatic heterocycles. The van der Waals surface area contributed by atoms with E-state index in [-0.39, 0.29) is 17.1 Å². The van der Waals surface area contributed by atoms with Crippen LogP contribution in [0.2, 0.25) is 0 Å². The fraction of sp³-hybridized carbons (Fsp3) is 0.261. The monoisotopic (exact) mass is 471 g/mol. The molecule has 7 nitrogen and oxygen atoms in total. The van der Waals surface area contributed by atoms with Gasteiger partial charge in [-0.3, -0.25) is 9.59 Å². The molecule has 2 amide bonds. The third-order valence-electron chi connectivity index (χ3n) is 4.53. The first kappa shape index (κ1) is 23.6. The fourth-order valence-corrected chi connectivity index (χ4v) is 4.62. The summed E-state index contributed by atoms with van der Waals surface area (Å²) in [6.07, 6.45) is 0.656. The summed E-state index contributed by atoms with van der Waals surface area (Å²) < 4.78 is 10.5. The molecule has 2 aromatic carbocycles. The van der Waals surface area contributed by atoms with Gasteiger partial charge in [0.25, 0.3) is 5.91 Å². The molecule has 168 valence electrons. The number of nitrogens with one attached hydrogen (secondary N) is 2. The van der Waals surface area contributed by atoms with Gasteiger partial charge < -0.3 is 20.1 Å². The first-order chi connectivity index (χ1) is 15.4. The zero-order chi connectivity index (χ0) is 23.1. The van der Waals surface area contributed by atoms with E-state index in [4.69, 9.17) is 9.47 Å². The van der Waals surface area contributed by atoms with Gasteiger partial charge in [0.2, 0.25) is 5.91 Å². The van der Waals surface area contributed by atoms with Crippen LogP contribution in [0.4, 0.5) is 10.8 Å². The molecule has 0 spiro atoms. The molecule has 0 aliphatic rings. The number of hydrogen-bond donors (Lipinski definition) is 2. The number of hydrogen-bond acceptors (Lipinski definition) is 7. The third-order valence-corrected chi connectivity index (χ3v) is 6.76. The molecule has 1 atom stereocenters. The Labute approximate surface area is 195 Å². The predicted molar refractivity (Wildman–Crippen MR) is 129 cm³/mol. The number of carbonyl (C=O) groups is 2. The van der Waals surface area contributed by atoms with Crippen LogP contribution in [0.25, 0.3) is 0 Å². The van der Waals surface area contributed by atoms with Gasteiger partial charge in [0, 0.05) is 21.5 Å². The van der Waals surface area contributed by atoms with Crippen LogP contribution >= 0.6 is 23.1 Å². The van der Waals surface area contributed by atoms with Crippen molar-refractivity contribution < 1.29 is 19.1 Å². The zero-order valence-corrected chi connectivity index (χ0v) is 19.9. The fourth-order valence-electron chi connectivity index (χ4n) is 2.91. The van der Waals surface area contributed by atoms with Crippen molar-refractivity contribution in [3.63, 3.8) is 0 Å². The van der Waals surface area contributed by atoms with Gasteiger partial charge in [-0.05, 0) is 49.7 Å². The molecular formula is C23H25N3O4S2. The van der Waals surface area contributed by atoms with E-state index in [0.29, 0.717) is 34.3 Å². The Morgan fingerprint density at radius 2 is 1.88 bits per heavy atom. The lowest BCUT2D eigenvalue weighted by molar-refractivity contribution is -0.115. The second-order valence-corrected chi connectivity index (χ2v) is 8.98. The summed E-state index contributed by atoms with van der Waals surface area (Å²) in [6.45, 7) is 3.85. The second-order valence-electron chi connectivity index (χ2n) is 6.85. The van der Waals surface area contributed by atoms with Crippen molar-refractivity contribution in [1.82, 2.24) is 4.98 Å². The van der Waals surface area contributed by atoms with Crippen molar-refractivity contribution in [1.29, 1.82) is 0 Å². The van der Waals surface area contributed by atoms with E-state index in [1.54, 1.807) is 25.3 Å². The van der Waals surface area contributed by atoms with E-state index in [0.717, 1.165) is 10.6 Å². The van der Waals surface area contributed by atoms with Gasteiger partial charge >= 0.3 is 0 Å². The van der Waals surface area contributed by atoms with Crippen molar-refractivity contribution in [2.45, 2.75) is 30.4 Å². The summed E-state index contributed by atoms with van der Waals surface area (Å²) in [5, 5.41) is 7.99. The van der Waals surface area contributed by atoms with E-state index in [2.05, 4.69) is 15.6 Å². The van der Waals surface area contributed by atoms with Crippen molar-refractivity contribution >= 4 is 45.7 Å². The predicted octanol–water partition coefficient (Wildman–Crippen LogP) is 5.23. The van der Waals surface area contributed by atoms with Crippen molar-refractivity contribution in [2.75, 3.05) is 24.9 Å². The van der Waals surface area contributed by atoms with Crippen LogP contribution in [0.15, 0.2) is 52.7 Å². The molecule has 0 saturated carbocycles. The van der Waals surface area contributed by atoms with Crippen molar-refractivity contribution in [2.24, 2.45) is 0 Å². The summed E-state index contributed by atoms with van der Waals surface area (Å²) in [4.78, 5) is 30.5. The van der Waals surface area contributed by atoms with Gasteiger partial charge in [-0.1, -0.05) is 13.0 Å². The number of anilines is 2. The SMILES string of the molecule is CCC(Sc1cccc(NC(=O)c2ccc(OC)c(OC)c2)c1)C(=O)Nc1nc(C)cs1. The number of aryl methyl sites for hydroxylation is 1. The number of carbonyl (C=O) groups excluding carboxylic acids is 2. The highest BCUT2D eigenvalue weighted by molar-refractivity contribution is 8.00. The molecule has 3 aromatic rings. The first-order valence-corrected chi connectivity index (χ1v) is 11.7. The minimum atomic E-state index is -0.281. The molecule has 0 aliphatic carbocycles. The zero-order valence-electron chi connectivity index (χ0n) is 18.3. The van der Waals surface area contributed by atoms with Gasteiger partial charge in [0.1, 0.15) is 0 Å². The molecule has 0 radical (unpaired) electrons. The summed E-state index contributed by atoms with van der Waals surface area (Å²) in [5.41, 5.74) is 1.97. The Morgan fingerprint density at radius 3 is 2.53 bits per heavy atom. The number of rotatable bonds is 9. The Kier molecular flexibility index (Phi) is 8.13. The van der Waals surface area contributed by atoms with Crippen LogP contribution < -0.4 is 20.1 Å². The summed E-state index contributed by atoms with van der Waals surface area (Å²) in [5.74, 6) is 0.680. The average molecular weight is 472 g/mol. The molecule has 1 heterocycles. The minimum absolute atomic E-state index is 0.0911. The van der Waals surface area contributed by atoms with E-state index in [9.17, 15) is 9.59 Å². The number of methoxy groups -OCH3 is 2. The summed E-state index contributed by atoms with van der Waals surface area (Å²) >= 11 is 2.86. The smallest absolute Gasteiger partial charge is 0.255 e. The van der Waals surface area contributed by atoms with Crippen molar-refractivity contribution in [3.8, 4) is 11.5 Å². The van der Waals surface area contributed by atoms with E-state index >= 15 is 0 Å². The molecule has 0 saturated heterocycles. The lowest BCUT2D eigenvalue weighted by Crippen LogP contribution is -2.24. The number of nitrogens with zero attached hydrogens (tertiary/aromatic N) is 1. The van der Waals surface area contributed by atoms with Crippen LogP contribution in [-0.2, 0) is 4.79 Å². The molecule has 1 unspecified atom stereocenters. The molecule has 0 bridgehead atoms. The molecule has 3 rings (SSSR count). The van der Waals surface area contributed by atoms with Gasteiger partial charge in [0.15, 0.2) is 16.6 Å². The second kappa shape index (κ2) is 11.0. The van der Waals surface area contributed by atoms with Crippen LogP contribution in [0.3, 0.4) is 0 Å². The van der Waals surface area contributed by atoms with Gasteiger partial charge in [-0.2, -0.15) is 0 Å². The maximum Gasteiger partial charge on any atom is 0.255 e. The third kappa shape index (κ3) is 6.02. The summed E-state index contributed by atoms with van der Waals surface area (Å²) in [6, 6.07) is 12.4. The normalized spacial score (nSPS) is 11.5. The highest BCUT2D eigenvalue weighted by Gasteiger charge is 2.19. The van der Waals surface area contributed by atoms with Crippen LogP contribution in [-0.4, -0.2) is 36.3 Å². The minimum Gasteiger partial charge on any atom is -0.493 e. The molecule has 1 aromatic heterocycles. The Bertz CT molecular complexity index is 1100. The Hall–Kier alpha value is -3.04. The van der Waals surface area contributed by atoms with E-state index in [1.165, 1.54) is 30.2 Å². The molecule has 2 N–H and O–H groups in total. The number of amides is 2. The lowest BCUT2D eigenvalue weighted by atomic mass is 10.2. The van der Waals surface area contributed by atoms with Crippen LogP contribution in [0.1, 0.15) is 29.4 Å². The van der Waals surface area contributed by atoms with E-state index < -0.39 is 0 Å². The highest BCUT2D eigenvalue weighted by Crippen LogP contribution is 2.30. The molecular weight excluding hydrogens is 446 g/mol. The van der Waals surface area contributed by atoms with Crippen LogP contribution in [0, 0.1) is 6.92 Å². The number of aromatic nitrogens is 1. The number of thioether (sulfide) groups is 1. The largest absolute Gasteiger partial charge is 0.493 e. The standard InChI is InChI=1S/C23H25N3O4S2/c1-5-20(22(28)26-23-24-14(2)13-31-23)32-17-8-6-7-16(12-17)25-21(27)15-9-10-18(29-3)19(11-15)30-4/h6-13,20H,5H2,1-4H3,(H,25,27)(H,24,26,28). The Morgan fingerprint density at radius 1 is 1.09 bits per heavy atom. The maximum absolute atomic E-state index is 12.7. The molecule has 9 heteroatoms. The molecule has 0 fully saturated rings.